The zero-order chi connectivity index (χ0) is 12.5. The highest BCUT2D eigenvalue weighted by atomic mass is 16.3. The zero-order valence-corrected chi connectivity index (χ0v) is 11.1. The second-order valence-electron chi connectivity index (χ2n) is 5.82. The smallest absolute Gasteiger partial charge is 0.0872 e. The molecule has 2 rings (SSSR count). The van der Waals surface area contributed by atoms with Crippen molar-refractivity contribution in [3.8, 4) is 0 Å². The van der Waals surface area contributed by atoms with Gasteiger partial charge in [-0.25, -0.2) is 0 Å². The fourth-order valence-electron chi connectivity index (χ4n) is 2.98. The van der Waals surface area contributed by atoms with Crippen LogP contribution in [0.5, 0.6) is 0 Å². The fourth-order valence-corrected chi connectivity index (χ4v) is 2.98. The summed E-state index contributed by atoms with van der Waals surface area (Å²) in [4.78, 5) is 1.54. The molecule has 1 heterocycles. The maximum Gasteiger partial charge on any atom is 0.0872 e. The van der Waals surface area contributed by atoms with Crippen molar-refractivity contribution in [2.45, 2.75) is 38.3 Å². The number of likely N-dealkylation sites (tertiary alicyclic amines) is 1. The van der Waals surface area contributed by atoms with E-state index in [0.717, 1.165) is 19.4 Å². The Morgan fingerprint density at radius 3 is 2.59 bits per heavy atom. The summed E-state index contributed by atoms with van der Waals surface area (Å²) in [6.45, 7) is 5.47. The third kappa shape index (κ3) is 2.70. The van der Waals surface area contributed by atoms with Crippen molar-refractivity contribution in [1.29, 1.82) is 0 Å². The third-order valence-corrected chi connectivity index (χ3v) is 4.40. The Kier molecular flexibility index (Phi) is 3.55. The number of nitrogens with one attached hydrogen (secondary N) is 1. The van der Waals surface area contributed by atoms with Crippen molar-refractivity contribution in [3.05, 3.63) is 35.9 Å². The fraction of sp³-hybridized carbons (Fsp3) is 0.600. The van der Waals surface area contributed by atoms with E-state index >= 15 is 0 Å². The number of hydrogen-bond acceptors (Lipinski definition) is 1. The van der Waals surface area contributed by atoms with Crippen molar-refractivity contribution in [1.82, 2.24) is 0 Å². The van der Waals surface area contributed by atoms with E-state index in [-0.39, 0.29) is 0 Å². The van der Waals surface area contributed by atoms with Gasteiger partial charge in [0.25, 0.3) is 0 Å². The molecule has 17 heavy (non-hydrogen) atoms. The molecule has 1 aromatic rings. The van der Waals surface area contributed by atoms with Crippen LogP contribution in [0.3, 0.4) is 0 Å². The van der Waals surface area contributed by atoms with Gasteiger partial charge in [0.15, 0.2) is 0 Å². The van der Waals surface area contributed by atoms with Crippen LogP contribution in [0.4, 0.5) is 0 Å². The molecular weight excluding hydrogens is 210 g/mol. The highest BCUT2D eigenvalue weighted by Crippen LogP contribution is 2.28. The minimum absolute atomic E-state index is 0.360. The molecule has 0 bridgehead atoms. The SMILES string of the molecule is C[C@@H]1C[C@](O)(Cc2ccccc2)[C@H](C)C[NH+]1C. The van der Waals surface area contributed by atoms with Gasteiger partial charge in [-0.05, 0) is 12.5 Å². The normalized spacial score (nSPS) is 38.0. The summed E-state index contributed by atoms with van der Waals surface area (Å²) in [5, 5.41) is 10.9. The van der Waals surface area contributed by atoms with Crippen LogP contribution < -0.4 is 4.90 Å². The van der Waals surface area contributed by atoms with E-state index in [4.69, 9.17) is 0 Å². The van der Waals surface area contributed by atoms with Crippen molar-refractivity contribution in [2.75, 3.05) is 13.6 Å². The van der Waals surface area contributed by atoms with Gasteiger partial charge in [0.2, 0.25) is 0 Å². The van der Waals surface area contributed by atoms with E-state index < -0.39 is 5.60 Å². The first-order chi connectivity index (χ1) is 8.01. The highest BCUT2D eigenvalue weighted by molar-refractivity contribution is 5.17. The molecule has 2 nitrogen and oxygen atoms in total. The largest absolute Gasteiger partial charge is 0.389 e. The Hall–Kier alpha value is -0.860. The first-order valence-electron chi connectivity index (χ1n) is 6.60. The Labute approximate surface area is 104 Å². The van der Waals surface area contributed by atoms with E-state index in [2.05, 4.69) is 33.0 Å². The molecule has 4 atom stereocenters. The molecule has 0 spiro atoms. The molecular formula is C15H24NO+. The second-order valence-corrected chi connectivity index (χ2v) is 5.82. The Bertz CT molecular complexity index is 364. The Morgan fingerprint density at radius 1 is 1.29 bits per heavy atom. The molecule has 0 saturated carbocycles. The van der Waals surface area contributed by atoms with Crippen molar-refractivity contribution < 1.29 is 10.0 Å². The molecule has 2 heteroatoms. The van der Waals surface area contributed by atoms with Gasteiger partial charge in [0, 0.05) is 18.8 Å². The molecule has 0 aromatic heterocycles. The monoisotopic (exact) mass is 234 g/mol. The first kappa shape index (κ1) is 12.6. The maximum atomic E-state index is 10.9. The van der Waals surface area contributed by atoms with Crippen LogP contribution in [-0.2, 0) is 6.42 Å². The van der Waals surface area contributed by atoms with Crippen molar-refractivity contribution >= 4 is 0 Å². The molecule has 94 valence electrons. The first-order valence-corrected chi connectivity index (χ1v) is 6.60. The summed E-state index contributed by atoms with van der Waals surface area (Å²) < 4.78 is 0. The van der Waals surface area contributed by atoms with Crippen molar-refractivity contribution in [3.63, 3.8) is 0 Å². The summed E-state index contributed by atoms with van der Waals surface area (Å²) in [5.74, 6) is 0.360. The lowest BCUT2D eigenvalue weighted by molar-refractivity contribution is -0.916. The molecule has 1 aliphatic heterocycles. The zero-order valence-electron chi connectivity index (χ0n) is 11.1. The number of aliphatic hydroxyl groups is 1. The van der Waals surface area contributed by atoms with Crippen LogP contribution in [0, 0.1) is 5.92 Å². The summed E-state index contributed by atoms with van der Waals surface area (Å²) >= 11 is 0. The average molecular weight is 234 g/mol. The molecule has 1 saturated heterocycles. The topological polar surface area (TPSA) is 24.7 Å². The van der Waals surface area contributed by atoms with Gasteiger partial charge in [-0.15, -0.1) is 0 Å². The van der Waals surface area contributed by atoms with Crippen LogP contribution >= 0.6 is 0 Å². The van der Waals surface area contributed by atoms with Crippen LogP contribution in [0.2, 0.25) is 0 Å². The lowest BCUT2D eigenvalue weighted by Crippen LogP contribution is -3.15. The highest BCUT2D eigenvalue weighted by Gasteiger charge is 2.43. The average Bonchev–Trinajstić information content (AvgIpc) is 2.28. The number of piperidine rings is 1. The molecule has 1 fully saturated rings. The maximum absolute atomic E-state index is 10.9. The minimum atomic E-state index is -0.527. The van der Waals surface area contributed by atoms with Crippen molar-refractivity contribution in [2.24, 2.45) is 5.92 Å². The van der Waals surface area contributed by atoms with Crippen LogP contribution in [0.15, 0.2) is 30.3 Å². The predicted molar refractivity (Wildman–Crippen MR) is 70.1 cm³/mol. The molecule has 1 unspecified atom stereocenters. The number of hydrogen-bond donors (Lipinski definition) is 2. The molecule has 0 amide bonds. The lowest BCUT2D eigenvalue weighted by Gasteiger charge is -2.43. The van der Waals surface area contributed by atoms with Gasteiger partial charge in [-0.2, -0.15) is 0 Å². The van der Waals surface area contributed by atoms with Gasteiger partial charge in [0.05, 0.1) is 25.2 Å². The van der Waals surface area contributed by atoms with Crippen LogP contribution in [-0.4, -0.2) is 30.3 Å². The third-order valence-electron chi connectivity index (χ3n) is 4.40. The second kappa shape index (κ2) is 4.79. The Morgan fingerprint density at radius 2 is 1.94 bits per heavy atom. The van der Waals surface area contributed by atoms with E-state index in [1.165, 1.54) is 10.5 Å². The molecule has 1 aliphatic rings. The molecule has 2 N–H and O–H groups in total. The predicted octanol–water partition coefficient (Wildman–Crippen LogP) is 0.903. The van der Waals surface area contributed by atoms with Gasteiger partial charge in [-0.1, -0.05) is 37.3 Å². The van der Waals surface area contributed by atoms with Crippen LogP contribution in [0.1, 0.15) is 25.8 Å². The van der Waals surface area contributed by atoms with Gasteiger partial charge in [0.1, 0.15) is 0 Å². The number of rotatable bonds is 2. The summed E-state index contributed by atoms with van der Waals surface area (Å²) in [6.07, 6.45) is 1.68. The van der Waals surface area contributed by atoms with Crippen LogP contribution in [0.25, 0.3) is 0 Å². The Balaban J connectivity index is 2.13. The summed E-state index contributed by atoms with van der Waals surface area (Å²) in [7, 11) is 2.23. The van der Waals surface area contributed by atoms with Gasteiger partial charge < -0.3 is 10.0 Å². The van der Waals surface area contributed by atoms with Gasteiger partial charge >= 0.3 is 0 Å². The molecule has 1 aromatic carbocycles. The quantitative estimate of drug-likeness (QED) is 0.781. The number of benzene rings is 1. The van der Waals surface area contributed by atoms with E-state index in [1.54, 1.807) is 0 Å². The van der Waals surface area contributed by atoms with E-state index in [1.807, 2.05) is 18.2 Å². The number of quaternary nitrogens is 1. The summed E-state index contributed by atoms with van der Waals surface area (Å²) in [6, 6.07) is 10.9. The van der Waals surface area contributed by atoms with Gasteiger partial charge in [-0.3, -0.25) is 0 Å². The van der Waals surface area contributed by atoms with E-state index in [9.17, 15) is 5.11 Å². The summed E-state index contributed by atoms with van der Waals surface area (Å²) in [5.41, 5.74) is 0.717. The van der Waals surface area contributed by atoms with E-state index in [0.29, 0.717) is 12.0 Å². The molecule has 0 radical (unpaired) electrons. The standard InChI is InChI=1S/C15H23NO/c1-12-11-16(3)13(2)9-15(12,17)10-14-7-5-4-6-8-14/h4-8,12-13,17H,9-11H2,1-3H3/p+1/t12-,13-,15+/m1/s1. The molecule has 0 aliphatic carbocycles. The lowest BCUT2D eigenvalue weighted by atomic mass is 9.75. The minimum Gasteiger partial charge on any atom is -0.389 e.